The predicted molar refractivity (Wildman–Crippen MR) is 61.5 cm³/mol. The third-order valence-electron chi connectivity index (χ3n) is 2.37. The Kier molecular flexibility index (Phi) is 4.30. The molecule has 1 N–H and O–H groups in total. The molecule has 0 aliphatic heterocycles. The number of hydrogen-bond acceptors (Lipinski definition) is 1. The number of carboxylic acids is 1. The molecule has 0 aromatic heterocycles. The highest BCUT2D eigenvalue weighted by Gasteiger charge is 2.12. The van der Waals surface area contributed by atoms with Gasteiger partial charge in [0.25, 0.3) is 0 Å². The van der Waals surface area contributed by atoms with Crippen molar-refractivity contribution in [2.75, 3.05) is 0 Å². The quantitative estimate of drug-likeness (QED) is 0.878. The van der Waals surface area contributed by atoms with E-state index in [1.54, 1.807) is 6.07 Å². The van der Waals surface area contributed by atoms with Gasteiger partial charge < -0.3 is 5.11 Å². The lowest BCUT2D eigenvalue weighted by molar-refractivity contribution is -0.136. The van der Waals surface area contributed by atoms with Gasteiger partial charge in [-0.25, -0.2) is 4.39 Å². The Hall–Kier alpha value is -1.09. The average Bonchev–Trinajstić information content (AvgIpc) is 2.19. The topological polar surface area (TPSA) is 37.3 Å². The molecule has 4 heteroatoms. The van der Waals surface area contributed by atoms with E-state index in [4.69, 9.17) is 16.7 Å². The van der Waals surface area contributed by atoms with Gasteiger partial charge in [0, 0.05) is 6.42 Å². The molecule has 0 aliphatic rings. The first-order chi connectivity index (χ1) is 7.41. The van der Waals surface area contributed by atoms with Gasteiger partial charge in [-0.15, -0.1) is 0 Å². The number of carboxylic acid groups (broad SMARTS) is 1. The number of aliphatic carboxylic acids is 1. The van der Waals surface area contributed by atoms with E-state index in [1.165, 1.54) is 6.07 Å². The van der Waals surface area contributed by atoms with Gasteiger partial charge in [-0.2, -0.15) is 0 Å². The number of carbonyl (C=O) groups is 1. The molecule has 0 radical (unpaired) electrons. The zero-order chi connectivity index (χ0) is 12.3. The number of rotatable bonds is 4. The lowest BCUT2D eigenvalue weighted by atomic mass is 9.98. The van der Waals surface area contributed by atoms with Crippen LogP contribution in [-0.4, -0.2) is 11.1 Å². The number of aryl methyl sites for hydroxylation is 1. The molecule has 0 saturated heterocycles. The second-order valence-electron chi connectivity index (χ2n) is 4.03. The van der Waals surface area contributed by atoms with E-state index in [2.05, 4.69) is 0 Å². The fourth-order valence-electron chi connectivity index (χ4n) is 1.48. The summed E-state index contributed by atoms with van der Waals surface area (Å²) in [6, 6.07) is 3.18. The third-order valence-corrected chi connectivity index (χ3v) is 2.64. The first kappa shape index (κ1) is 13.0. The molecule has 0 bridgehead atoms. The normalized spacial score (nSPS) is 10.8. The van der Waals surface area contributed by atoms with E-state index in [0.717, 1.165) is 5.56 Å². The number of halogens is 2. The molecule has 0 aliphatic carbocycles. The van der Waals surface area contributed by atoms with Crippen molar-refractivity contribution in [3.05, 3.63) is 34.1 Å². The van der Waals surface area contributed by atoms with Crippen LogP contribution in [0.2, 0.25) is 5.02 Å². The smallest absolute Gasteiger partial charge is 0.303 e. The Morgan fingerprint density at radius 2 is 2.12 bits per heavy atom. The minimum atomic E-state index is -0.869. The minimum absolute atomic E-state index is 0.0273. The van der Waals surface area contributed by atoms with Gasteiger partial charge in [-0.1, -0.05) is 31.5 Å². The van der Waals surface area contributed by atoms with Crippen molar-refractivity contribution in [1.82, 2.24) is 0 Å². The first-order valence-electron chi connectivity index (χ1n) is 5.11. The molecular weight excluding hydrogens is 231 g/mol. The van der Waals surface area contributed by atoms with E-state index in [-0.39, 0.29) is 17.4 Å². The van der Waals surface area contributed by atoms with Gasteiger partial charge in [-0.05, 0) is 29.5 Å². The Balaban J connectivity index is 2.99. The van der Waals surface area contributed by atoms with Crippen molar-refractivity contribution in [1.29, 1.82) is 0 Å². The highest BCUT2D eigenvalue weighted by Crippen LogP contribution is 2.26. The van der Waals surface area contributed by atoms with Crippen molar-refractivity contribution in [3.63, 3.8) is 0 Å². The Bertz CT molecular complexity index is 402. The summed E-state index contributed by atoms with van der Waals surface area (Å²) in [5, 5.41) is 8.63. The molecule has 1 aromatic carbocycles. The van der Waals surface area contributed by atoms with E-state index in [1.807, 2.05) is 13.8 Å². The molecular formula is C12H14ClFO2. The summed E-state index contributed by atoms with van der Waals surface area (Å²) in [5.41, 5.74) is 1.30. The van der Waals surface area contributed by atoms with Crippen LogP contribution in [0.25, 0.3) is 0 Å². The van der Waals surface area contributed by atoms with Gasteiger partial charge in [0.2, 0.25) is 0 Å². The maximum Gasteiger partial charge on any atom is 0.303 e. The number of hydrogen-bond donors (Lipinski definition) is 1. The summed E-state index contributed by atoms with van der Waals surface area (Å²) in [5.74, 6) is -1.25. The molecule has 2 nitrogen and oxygen atoms in total. The molecule has 0 heterocycles. The number of benzene rings is 1. The van der Waals surface area contributed by atoms with Gasteiger partial charge in [0.1, 0.15) is 5.82 Å². The van der Waals surface area contributed by atoms with E-state index < -0.39 is 11.8 Å². The molecule has 0 fully saturated rings. The van der Waals surface area contributed by atoms with Gasteiger partial charge in [0.05, 0.1) is 5.02 Å². The Morgan fingerprint density at radius 3 is 2.62 bits per heavy atom. The lowest BCUT2D eigenvalue weighted by Gasteiger charge is -2.11. The minimum Gasteiger partial charge on any atom is -0.481 e. The van der Waals surface area contributed by atoms with Crippen LogP contribution in [0.3, 0.4) is 0 Å². The van der Waals surface area contributed by atoms with Gasteiger partial charge in [-0.3, -0.25) is 4.79 Å². The predicted octanol–water partition coefficient (Wildman–Crippen LogP) is 3.62. The standard InChI is InChI=1S/C12H14ClFO2/c1-7(2)9-5-8(3-4-11(15)16)6-10(13)12(9)14/h5-7H,3-4H2,1-2H3,(H,15,16). The Morgan fingerprint density at radius 1 is 1.50 bits per heavy atom. The van der Waals surface area contributed by atoms with Crippen LogP contribution in [0, 0.1) is 5.82 Å². The van der Waals surface area contributed by atoms with E-state index in [0.29, 0.717) is 12.0 Å². The highest BCUT2D eigenvalue weighted by atomic mass is 35.5. The summed E-state index contributed by atoms with van der Waals surface area (Å²) in [4.78, 5) is 10.4. The summed E-state index contributed by atoms with van der Waals surface area (Å²) in [6.07, 6.45) is 0.397. The molecule has 1 rings (SSSR count). The van der Waals surface area contributed by atoms with Crippen molar-refractivity contribution in [2.24, 2.45) is 0 Å². The van der Waals surface area contributed by atoms with Gasteiger partial charge in [0.15, 0.2) is 0 Å². The monoisotopic (exact) mass is 244 g/mol. The zero-order valence-electron chi connectivity index (χ0n) is 9.26. The maximum absolute atomic E-state index is 13.6. The van der Waals surface area contributed by atoms with E-state index in [9.17, 15) is 9.18 Å². The third kappa shape index (κ3) is 3.20. The van der Waals surface area contributed by atoms with Crippen molar-refractivity contribution in [2.45, 2.75) is 32.6 Å². The van der Waals surface area contributed by atoms with Crippen LogP contribution in [0.4, 0.5) is 4.39 Å². The van der Waals surface area contributed by atoms with Gasteiger partial charge >= 0.3 is 5.97 Å². The fourth-order valence-corrected chi connectivity index (χ4v) is 1.73. The van der Waals surface area contributed by atoms with Crippen LogP contribution in [0.15, 0.2) is 12.1 Å². The molecule has 0 atom stereocenters. The molecule has 0 unspecified atom stereocenters. The second kappa shape index (κ2) is 5.30. The SMILES string of the molecule is CC(C)c1cc(CCC(=O)O)cc(Cl)c1F. The van der Waals surface area contributed by atoms with Crippen LogP contribution in [-0.2, 0) is 11.2 Å². The maximum atomic E-state index is 13.6. The zero-order valence-corrected chi connectivity index (χ0v) is 10.0. The Labute approximate surface area is 99.0 Å². The molecule has 0 saturated carbocycles. The molecule has 0 spiro atoms. The lowest BCUT2D eigenvalue weighted by Crippen LogP contribution is -2.01. The van der Waals surface area contributed by atoms with Crippen LogP contribution < -0.4 is 0 Å². The molecule has 0 amide bonds. The molecule has 16 heavy (non-hydrogen) atoms. The fraction of sp³-hybridized carbons (Fsp3) is 0.417. The van der Waals surface area contributed by atoms with Crippen LogP contribution in [0.1, 0.15) is 37.3 Å². The summed E-state index contributed by atoms with van der Waals surface area (Å²) in [7, 11) is 0. The van der Waals surface area contributed by atoms with Crippen LogP contribution in [0.5, 0.6) is 0 Å². The van der Waals surface area contributed by atoms with Crippen molar-refractivity contribution in [3.8, 4) is 0 Å². The largest absolute Gasteiger partial charge is 0.481 e. The van der Waals surface area contributed by atoms with Crippen molar-refractivity contribution < 1.29 is 14.3 Å². The van der Waals surface area contributed by atoms with Crippen molar-refractivity contribution >= 4 is 17.6 Å². The highest BCUT2D eigenvalue weighted by molar-refractivity contribution is 6.30. The molecule has 1 aromatic rings. The molecule has 88 valence electrons. The first-order valence-corrected chi connectivity index (χ1v) is 5.49. The second-order valence-corrected chi connectivity index (χ2v) is 4.44. The average molecular weight is 245 g/mol. The summed E-state index contributed by atoms with van der Waals surface area (Å²) >= 11 is 5.76. The summed E-state index contributed by atoms with van der Waals surface area (Å²) in [6.45, 7) is 3.74. The van der Waals surface area contributed by atoms with E-state index >= 15 is 0 Å². The van der Waals surface area contributed by atoms with Crippen LogP contribution >= 0.6 is 11.6 Å². The summed E-state index contributed by atoms with van der Waals surface area (Å²) < 4.78 is 13.6.